The van der Waals surface area contributed by atoms with Gasteiger partial charge >= 0.3 is 0 Å². The standard InChI is InChI=1S/C18H20FN3O3/c1-12-4-3-9-21(11-12)18(24)17-15(25-2)10-16(23)22(20-17)14-7-5-13(19)6-8-14/h5-8,10,12H,3-4,9,11H2,1-2H3. The van der Waals surface area contributed by atoms with Crippen LogP contribution < -0.4 is 10.3 Å². The number of amides is 1. The molecule has 0 aliphatic carbocycles. The first-order valence-electron chi connectivity index (χ1n) is 8.23. The van der Waals surface area contributed by atoms with Gasteiger partial charge in [-0.15, -0.1) is 0 Å². The van der Waals surface area contributed by atoms with Crippen LogP contribution in [0.15, 0.2) is 35.1 Å². The van der Waals surface area contributed by atoms with Gasteiger partial charge in [-0.2, -0.15) is 9.78 Å². The molecule has 2 heterocycles. The van der Waals surface area contributed by atoms with Crippen LogP contribution in [0.25, 0.3) is 5.69 Å². The number of piperidine rings is 1. The van der Waals surface area contributed by atoms with Crippen molar-refractivity contribution < 1.29 is 13.9 Å². The number of aromatic nitrogens is 2. The Hall–Kier alpha value is -2.70. The Labute approximate surface area is 144 Å². The van der Waals surface area contributed by atoms with E-state index in [0.29, 0.717) is 24.7 Å². The summed E-state index contributed by atoms with van der Waals surface area (Å²) in [6, 6.07) is 6.58. The van der Waals surface area contributed by atoms with Crippen molar-refractivity contribution in [1.29, 1.82) is 0 Å². The second-order valence-corrected chi connectivity index (χ2v) is 6.29. The van der Waals surface area contributed by atoms with E-state index >= 15 is 0 Å². The van der Waals surface area contributed by atoms with Gasteiger partial charge in [-0.25, -0.2) is 4.39 Å². The molecule has 3 rings (SSSR count). The average Bonchev–Trinajstić information content (AvgIpc) is 2.61. The molecule has 1 fully saturated rings. The van der Waals surface area contributed by atoms with Crippen LogP contribution in [0.4, 0.5) is 4.39 Å². The molecule has 1 aliphatic rings. The summed E-state index contributed by atoms with van der Waals surface area (Å²) in [4.78, 5) is 26.9. The molecule has 1 unspecified atom stereocenters. The minimum absolute atomic E-state index is 0.0838. The van der Waals surface area contributed by atoms with Gasteiger partial charge in [0.2, 0.25) is 0 Å². The Morgan fingerprint density at radius 2 is 2.04 bits per heavy atom. The van der Waals surface area contributed by atoms with Crippen LogP contribution in [0.5, 0.6) is 5.75 Å². The van der Waals surface area contributed by atoms with Crippen molar-refractivity contribution in [3.05, 3.63) is 52.2 Å². The zero-order valence-corrected chi connectivity index (χ0v) is 14.2. The molecular weight excluding hydrogens is 325 g/mol. The first kappa shape index (κ1) is 17.1. The number of benzene rings is 1. The maximum absolute atomic E-state index is 13.1. The molecule has 1 atom stereocenters. The van der Waals surface area contributed by atoms with Crippen molar-refractivity contribution in [2.24, 2.45) is 5.92 Å². The molecule has 7 heteroatoms. The van der Waals surface area contributed by atoms with Crippen molar-refractivity contribution in [1.82, 2.24) is 14.7 Å². The van der Waals surface area contributed by atoms with Crippen molar-refractivity contribution >= 4 is 5.91 Å². The van der Waals surface area contributed by atoms with Crippen LogP contribution in [0.1, 0.15) is 30.3 Å². The van der Waals surface area contributed by atoms with Gasteiger partial charge in [0.1, 0.15) is 5.82 Å². The zero-order chi connectivity index (χ0) is 18.0. The third-order valence-corrected chi connectivity index (χ3v) is 4.33. The molecule has 0 spiro atoms. The second kappa shape index (κ2) is 7.04. The molecule has 0 bridgehead atoms. The number of nitrogens with zero attached hydrogens (tertiary/aromatic N) is 3. The summed E-state index contributed by atoms with van der Waals surface area (Å²) in [5, 5.41) is 4.21. The first-order chi connectivity index (χ1) is 12.0. The number of halogens is 1. The summed E-state index contributed by atoms with van der Waals surface area (Å²) < 4.78 is 19.4. The Morgan fingerprint density at radius 1 is 1.32 bits per heavy atom. The smallest absolute Gasteiger partial charge is 0.278 e. The van der Waals surface area contributed by atoms with E-state index in [0.717, 1.165) is 17.5 Å². The first-order valence-corrected chi connectivity index (χ1v) is 8.23. The van der Waals surface area contributed by atoms with Crippen molar-refractivity contribution in [3.63, 3.8) is 0 Å². The third kappa shape index (κ3) is 3.55. The van der Waals surface area contributed by atoms with Gasteiger partial charge in [0, 0.05) is 13.1 Å². The molecule has 1 amide bonds. The fourth-order valence-electron chi connectivity index (χ4n) is 3.03. The van der Waals surface area contributed by atoms with Crippen LogP contribution in [-0.4, -0.2) is 40.8 Å². The minimum atomic E-state index is -0.452. The topological polar surface area (TPSA) is 64.4 Å². The largest absolute Gasteiger partial charge is 0.494 e. The summed E-state index contributed by atoms with van der Waals surface area (Å²) in [5.41, 5.74) is 0.0164. The lowest BCUT2D eigenvalue weighted by Crippen LogP contribution is -2.40. The van der Waals surface area contributed by atoms with Crippen LogP contribution in [0.2, 0.25) is 0 Å². The van der Waals surface area contributed by atoms with E-state index in [9.17, 15) is 14.0 Å². The molecule has 1 aromatic heterocycles. The highest BCUT2D eigenvalue weighted by atomic mass is 19.1. The Bertz CT molecular complexity index is 832. The van der Waals surface area contributed by atoms with Crippen molar-refractivity contribution in [2.45, 2.75) is 19.8 Å². The second-order valence-electron chi connectivity index (χ2n) is 6.29. The van der Waals surface area contributed by atoms with Crippen molar-refractivity contribution in [2.75, 3.05) is 20.2 Å². The van der Waals surface area contributed by atoms with E-state index in [2.05, 4.69) is 12.0 Å². The van der Waals surface area contributed by atoms with Crippen LogP contribution >= 0.6 is 0 Å². The van der Waals surface area contributed by atoms with Gasteiger partial charge in [-0.05, 0) is 43.0 Å². The Kier molecular flexibility index (Phi) is 4.83. The lowest BCUT2D eigenvalue weighted by molar-refractivity contribution is 0.0671. The predicted molar refractivity (Wildman–Crippen MR) is 90.6 cm³/mol. The molecule has 0 saturated carbocycles. The summed E-state index contributed by atoms with van der Waals surface area (Å²) in [6.45, 7) is 3.41. The molecule has 0 N–H and O–H groups in total. The van der Waals surface area contributed by atoms with Gasteiger partial charge < -0.3 is 9.64 Å². The van der Waals surface area contributed by atoms with E-state index in [4.69, 9.17) is 4.74 Å². The lowest BCUT2D eigenvalue weighted by Gasteiger charge is -2.30. The van der Waals surface area contributed by atoms with Crippen molar-refractivity contribution in [3.8, 4) is 11.4 Å². The highest BCUT2D eigenvalue weighted by Crippen LogP contribution is 2.21. The molecule has 132 valence electrons. The van der Waals surface area contributed by atoms with Gasteiger partial charge in [0.05, 0.1) is 18.9 Å². The van der Waals surface area contributed by atoms with E-state index in [1.165, 1.54) is 37.4 Å². The normalized spacial score (nSPS) is 17.4. The number of carbonyl (C=O) groups excluding carboxylic acids is 1. The Balaban J connectivity index is 2.03. The zero-order valence-electron chi connectivity index (χ0n) is 14.2. The minimum Gasteiger partial charge on any atom is -0.494 e. The highest BCUT2D eigenvalue weighted by molar-refractivity contribution is 5.94. The van der Waals surface area contributed by atoms with Crippen LogP contribution in [0, 0.1) is 11.7 Å². The Morgan fingerprint density at radius 3 is 2.68 bits per heavy atom. The van der Waals surface area contributed by atoms with Crippen LogP contribution in [-0.2, 0) is 0 Å². The molecule has 1 aromatic carbocycles. The number of hydrogen-bond acceptors (Lipinski definition) is 4. The number of carbonyl (C=O) groups is 1. The molecule has 6 nitrogen and oxygen atoms in total. The SMILES string of the molecule is COc1cc(=O)n(-c2ccc(F)cc2)nc1C(=O)N1CCCC(C)C1. The molecule has 0 radical (unpaired) electrons. The number of methoxy groups -OCH3 is 1. The average molecular weight is 345 g/mol. The molecule has 25 heavy (non-hydrogen) atoms. The van der Waals surface area contributed by atoms with Gasteiger partial charge in [0.25, 0.3) is 11.5 Å². The molecule has 2 aromatic rings. The number of hydrogen-bond donors (Lipinski definition) is 0. The number of rotatable bonds is 3. The molecular formula is C18H20FN3O3. The van der Waals surface area contributed by atoms with Gasteiger partial charge in [0.15, 0.2) is 11.4 Å². The maximum Gasteiger partial charge on any atom is 0.278 e. The highest BCUT2D eigenvalue weighted by Gasteiger charge is 2.26. The van der Waals surface area contributed by atoms with Crippen LogP contribution in [0.3, 0.4) is 0 Å². The summed E-state index contributed by atoms with van der Waals surface area (Å²) in [6.07, 6.45) is 2.02. The third-order valence-electron chi connectivity index (χ3n) is 4.33. The predicted octanol–water partition coefficient (Wildman–Crippen LogP) is 2.25. The van der Waals surface area contributed by atoms with E-state index in [1.54, 1.807) is 4.90 Å². The quantitative estimate of drug-likeness (QED) is 0.856. The summed E-state index contributed by atoms with van der Waals surface area (Å²) in [5.74, 6) is -0.110. The fourth-order valence-corrected chi connectivity index (χ4v) is 3.03. The van der Waals surface area contributed by atoms with E-state index in [1.807, 2.05) is 0 Å². The van der Waals surface area contributed by atoms with Gasteiger partial charge in [-0.3, -0.25) is 9.59 Å². The van der Waals surface area contributed by atoms with Gasteiger partial charge in [-0.1, -0.05) is 6.92 Å². The summed E-state index contributed by atoms with van der Waals surface area (Å²) in [7, 11) is 1.40. The maximum atomic E-state index is 13.1. The lowest BCUT2D eigenvalue weighted by atomic mass is 10.00. The van der Waals surface area contributed by atoms with E-state index in [-0.39, 0.29) is 17.4 Å². The van der Waals surface area contributed by atoms with E-state index < -0.39 is 11.4 Å². The number of likely N-dealkylation sites (tertiary alicyclic amines) is 1. The fraction of sp³-hybridized carbons (Fsp3) is 0.389. The molecule has 1 saturated heterocycles. The number of ether oxygens (including phenoxy) is 1. The molecule has 1 aliphatic heterocycles. The monoisotopic (exact) mass is 345 g/mol. The summed E-state index contributed by atoms with van der Waals surface area (Å²) >= 11 is 0.